The SMILES string of the molecule is CCCn1cc(C(CN)N(C)Cc2ccncc2)cn1. The highest BCUT2D eigenvalue weighted by Gasteiger charge is 2.17. The molecule has 5 nitrogen and oxygen atoms in total. The summed E-state index contributed by atoms with van der Waals surface area (Å²) in [6.07, 6.45) is 8.75. The van der Waals surface area contributed by atoms with Crippen LogP contribution in [0.1, 0.15) is 30.5 Å². The van der Waals surface area contributed by atoms with Crippen molar-refractivity contribution in [1.29, 1.82) is 0 Å². The van der Waals surface area contributed by atoms with E-state index in [-0.39, 0.29) is 6.04 Å². The highest BCUT2D eigenvalue weighted by Crippen LogP contribution is 2.19. The second kappa shape index (κ2) is 7.17. The summed E-state index contributed by atoms with van der Waals surface area (Å²) >= 11 is 0. The first-order valence-electron chi connectivity index (χ1n) is 7.06. The largest absolute Gasteiger partial charge is 0.329 e. The summed E-state index contributed by atoms with van der Waals surface area (Å²) < 4.78 is 1.98. The molecular formula is C15H23N5. The molecule has 0 aliphatic rings. The first kappa shape index (κ1) is 14.7. The van der Waals surface area contributed by atoms with Gasteiger partial charge in [-0.25, -0.2) is 0 Å². The van der Waals surface area contributed by atoms with Crippen molar-refractivity contribution in [2.24, 2.45) is 5.73 Å². The summed E-state index contributed by atoms with van der Waals surface area (Å²) in [4.78, 5) is 6.30. The molecule has 5 heteroatoms. The molecule has 0 aliphatic carbocycles. The summed E-state index contributed by atoms with van der Waals surface area (Å²) in [6.45, 7) is 4.53. The van der Waals surface area contributed by atoms with E-state index in [1.54, 1.807) is 0 Å². The van der Waals surface area contributed by atoms with Crippen LogP contribution in [0, 0.1) is 0 Å². The summed E-state index contributed by atoms with van der Waals surface area (Å²) in [7, 11) is 2.09. The van der Waals surface area contributed by atoms with Crippen molar-refractivity contribution in [3.8, 4) is 0 Å². The molecule has 0 aliphatic heterocycles. The Morgan fingerprint density at radius 2 is 2.10 bits per heavy atom. The lowest BCUT2D eigenvalue weighted by Gasteiger charge is -2.26. The summed E-state index contributed by atoms with van der Waals surface area (Å²) in [6, 6.07) is 4.25. The molecule has 1 unspecified atom stereocenters. The lowest BCUT2D eigenvalue weighted by Crippen LogP contribution is -2.30. The van der Waals surface area contributed by atoms with Gasteiger partial charge in [-0.05, 0) is 31.2 Å². The highest BCUT2D eigenvalue weighted by molar-refractivity contribution is 5.14. The highest BCUT2D eigenvalue weighted by atomic mass is 15.3. The third-order valence-corrected chi connectivity index (χ3v) is 3.43. The number of likely N-dealkylation sites (N-methyl/N-ethyl adjacent to an activating group) is 1. The summed E-state index contributed by atoms with van der Waals surface area (Å²) in [5.41, 5.74) is 8.37. The number of rotatable bonds is 7. The number of pyridine rings is 1. The van der Waals surface area contributed by atoms with Crippen molar-refractivity contribution < 1.29 is 0 Å². The van der Waals surface area contributed by atoms with Crippen LogP contribution in [0.5, 0.6) is 0 Å². The number of hydrogen-bond donors (Lipinski definition) is 1. The van der Waals surface area contributed by atoms with Crippen molar-refractivity contribution in [1.82, 2.24) is 19.7 Å². The predicted octanol–water partition coefficient (Wildman–Crippen LogP) is 1.82. The van der Waals surface area contributed by atoms with Crippen molar-refractivity contribution in [2.45, 2.75) is 32.5 Å². The molecule has 0 amide bonds. The molecule has 20 heavy (non-hydrogen) atoms. The minimum atomic E-state index is 0.189. The van der Waals surface area contributed by atoms with Crippen LogP contribution in [0.4, 0.5) is 0 Å². The Morgan fingerprint density at radius 1 is 1.35 bits per heavy atom. The topological polar surface area (TPSA) is 60.0 Å². The normalized spacial score (nSPS) is 12.8. The molecule has 0 spiro atoms. The van der Waals surface area contributed by atoms with E-state index < -0.39 is 0 Å². The maximum absolute atomic E-state index is 5.95. The summed E-state index contributed by atoms with van der Waals surface area (Å²) in [5.74, 6) is 0. The van der Waals surface area contributed by atoms with Crippen LogP contribution in [0.2, 0.25) is 0 Å². The van der Waals surface area contributed by atoms with Gasteiger partial charge in [0, 0.05) is 43.8 Å². The molecule has 0 aromatic carbocycles. The molecule has 2 rings (SSSR count). The molecule has 108 valence electrons. The third kappa shape index (κ3) is 3.65. The van der Waals surface area contributed by atoms with Crippen LogP contribution < -0.4 is 5.73 Å². The van der Waals surface area contributed by atoms with Gasteiger partial charge in [-0.3, -0.25) is 14.6 Å². The van der Waals surface area contributed by atoms with Crippen LogP contribution in [0.3, 0.4) is 0 Å². The van der Waals surface area contributed by atoms with Gasteiger partial charge in [-0.2, -0.15) is 5.10 Å². The average molecular weight is 273 g/mol. The molecule has 0 saturated carbocycles. The molecule has 0 fully saturated rings. The second-order valence-electron chi connectivity index (χ2n) is 5.06. The Kier molecular flexibility index (Phi) is 5.26. The van der Waals surface area contributed by atoms with E-state index in [1.165, 1.54) is 11.1 Å². The van der Waals surface area contributed by atoms with Crippen molar-refractivity contribution >= 4 is 0 Å². The molecule has 0 radical (unpaired) electrons. The number of nitrogens with two attached hydrogens (primary N) is 1. The Labute approximate surface area is 120 Å². The predicted molar refractivity (Wildman–Crippen MR) is 80.0 cm³/mol. The van der Waals surface area contributed by atoms with Gasteiger partial charge in [0.2, 0.25) is 0 Å². The average Bonchev–Trinajstić information content (AvgIpc) is 2.89. The Hall–Kier alpha value is -1.72. The fourth-order valence-corrected chi connectivity index (χ4v) is 2.36. The standard InChI is InChI=1S/C15H23N5/c1-3-8-20-12-14(10-18-20)15(9-16)19(2)11-13-4-6-17-7-5-13/h4-7,10,12,15H,3,8-9,11,16H2,1-2H3. The first-order valence-corrected chi connectivity index (χ1v) is 7.06. The van der Waals surface area contributed by atoms with E-state index in [9.17, 15) is 0 Å². The smallest absolute Gasteiger partial charge is 0.0538 e. The molecule has 2 N–H and O–H groups in total. The molecule has 2 heterocycles. The van der Waals surface area contributed by atoms with E-state index in [0.717, 1.165) is 19.5 Å². The van der Waals surface area contributed by atoms with Gasteiger partial charge >= 0.3 is 0 Å². The second-order valence-corrected chi connectivity index (χ2v) is 5.06. The fourth-order valence-electron chi connectivity index (χ4n) is 2.36. The molecule has 2 aromatic heterocycles. The maximum atomic E-state index is 5.95. The Balaban J connectivity index is 2.06. The van der Waals surface area contributed by atoms with E-state index in [0.29, 0.717) is 6.54 Å². The molecular weight excluding hydrogens is 250 g/mol. The monoisotopic (exact) mass is 273 g/mol. The quantitative estimate of drug-likeness (QED) is 0.836. The van der Waals surface area contributed by atoms with E-state index in [4.69, 9.17) is 5.73 Å². The van der Waals surface area contributed by atoms with Gasteiger partial charge < -0.3 is 5.73 Å². The van der Waals surface area contributed by atoms with E-state index >= 15 is 0 Å². The first-order chi connectivity index (χ1) is 9.74. The molecule has 1 atom stereocenters. The minimum Gasteiger partial charge on any atom is -0.329 e. The lowest BCUT2D eigenvalue weighted by molar-refractivity contribution is 0.241. The van der Waals surface area contributed by atoms with E-state index in [2.05, 4.69) is 35.2 Å². The minimum absolute atomic E-state index is 0.189. The number of aryl methyl sites for hydroxylation is 1. The molecule has 0 bridgehead atoms. The molecule has 2 aromatic rings. The summed E-state index contributed by atoms with van der Waals surface area (Å²) in [5, 5.41) is 4.39. The van der Waals surface area contributed by atoms with Crippen LogP contribution in [0.15, 0.2) is 36.9 Å². The van der Waals surface area contributed by atoms with Crippen LogP contribution in [0.25, 0.3) is 0 Å². The maximum Gasteiger partial charge on any atom is 0.0538 e. The number of hydrogen-bond acceptors (Lipinski definition) is 4. The van der Waals surface area contributed by atoms with Crippen LogP contribution in [-0.4, -0.2) is 33.3 Å². The van der Waals surface area contributed by atoms with Gasteiger partial charge in [0.1, 0.15) is 0 Å². The van der Waals surface area contributed by atoms with Gasteiger partial charge in [-0.15, -0.1) is 0 Å². The van der Waals surface area contributed by atoms with Crippen molar-refractivity contribution in [3.63, 3.8) is 0 Å². The van der Waals surface area contributed by atoms with Crippen LogP contribution in [-0.2, 0) is 13.1 Å². The van der Waals surface area contributed by atoms with Crippen LogP contribution >= 0.6 is 0 Å². The zero-order chi connectivity index (χ0) is 14.4. The molecule has 0 saturated heterocycles. The Morgan fingerprint density at radius 3 is 2.75 bits per heavy atom. The third-order valence-electron chi connectivity index (χ3n) is 3.43. The number of aromatic nitrogens is 3. The number of nitrogens with zero attached hydrogens (tertiary/aromatic N) is 4. The van der Waals surface area contributed by atoms with Gasteiger partial charge in [0.05, 0.1) is 12.2 Å². The fraction of sp³-hybridized carbons (Fsp3) is 0.467. The zero-order valence-electron chi connectivity index (χ0n) is 12.2. The van der Waals surface area contributed by atoms with Gasteiger partial charge in [-0.1, -0.05) is 6.92 Å². The van der Waals surface area contributed by atoms with Crippen molar-refractivity contribution in [2.75, 3.05) is 13.6 Å². The Bertz CT molecular complexity index is 508. The van der Waals surface area contributed by atoms with Gasteiger partial charge in [0.25, 0.3) is 0 Å². The van der Waals surface area contributed by atoms with Gasteiger partial charge in [0.15, 0.2) is 0 Å². The lowest BCUT2D eigenvalue weighted by atomic mass is 10.1. The van der Waals surface area contributed by atoms with E-state index in [1.807, 2.05) is 35.4 Å². The zero-order valence-corrected chi connectivity index (χ0v) is 12.2. The van der Waals surface area contributed by atoms with Crippen molar-refractivity contribution in [3.05, 3.63) is 48.0 Å².